The summed E-state index contributed by atoms with van der Waals surface area (Å²) >= 11 is 0. The first-order valence-corrected chi connectivity index (χ1v) is 10.8. The Labute approximate surface area is 185 Å². The number of unbranched alkanes of at least 4 members (excludes halogenated alkanes) is 1. The lowest BCUT2D eigenvalue weighted by Crippen LogP contribution is -2.29. The summed E-state index contributed by atoms with van der Waals surface area (Å²) in [6, 6.07) is 9.79. The van der Waals surface area contributed by atoms with Crippen molar-refractivity contribution in [1.82, 2.24) is 10.3 Å². The highest BCUT2D eigenvalue weighted by molar-refractivity contribution is 5.93. The van der Waals surface area contributed by atoms with Gasteiger partial charge in [-0.05, 0) is 58.5 Å². The standard InChI is InChI=1S/C23H36N6O2/c1-16(2)28-23-20(13-25)22(27-10-5-4-9-24)12-21(29-23)17-7-6-8-19(11-17)31-15-18(30)14-26-3/h6-8,11-13,16,18,25-26,30H,4-5,9-10,14-15,24H2,1-3H3,(H2,27,28,29). The van der Waals surface area contributed by atoms with Gasteiger partial charge in [-0.2, -0.15) is 0 Å². The lowest BCUT2D eigenvalue weighted by molar-refractivity contribution is 0.108. The number of pyridine rings is 1. The number of rotatable bonds is 14. The topological polar surface area (TPSA) is 128 Å². The maximum Gasteiger partial charge on any atom is 0.137 e. The van der Waals surface area contributed by atoms with E-state index in [2.05, 4.69) is 16.0 Å². The van der Waals surface area contributed by atoms with E-state index in [-0.39, 0.29) is 12.6 Å². The van der Waals surface area contributed by atoms with Crippen LogP contribution in [-0.4, -0.2) is 61.7 Å². The molecule has 0 bridgehead atoms. The van der Waals surface area contributed by atoms with Gasteiger partial charge in [0.05, 0.1) is 11.3 Å². The molecule has 0 amide bonds. The van der Waals surface area contributed by atoms with Crippen molar-refractivity contribution in [2.45, 2.75) is 38.8 Å². The molecule has 1 atom stereocenters. The van der Waals surface area contributed by atoms with Crippen LogP contribution in [0.3, 0.4) is 0 Å². The molecule has 0 spiro atoms. The number of nitrogens with two attached hydrogens (primary N) is 1. The molecule has 0 radical (unpaired) electrons. The second-order valence-corrected chi connectivity index (χ2v) is 7.73. The van der Waals surface area contributed by atoms with Gasteiger partial charge >= 0.3 is 0 Å². The van der Waals surface area contributed by atoms with Crippen LogP contribution < -0.4 is 26.4 Å². The molecule has 1 aromatic carbocycles. The first-order valence-electron chi connectivity index (χ1n) is 10.8. The summed E-state index contributed by atoms with van der Waals surface area (Å²) in [5.41, 5.74) is 8.86. The van der Waals surface area contributed by atoms with Gasteiger partial charge < -0.3 is 36.9 Å². The predicted molar refractivity (Wildman–Crippen MR) is 129 cm³/mol. The third-order valence-corrected chi connectivity index (χ3v) is 4.59. The number of hydrogen-bond donors (Lipinski definition) is 6. The minimum absolute atomic E-state index is 0.176. The van der Waals surface area contributed by atoms with Crippen molar-refractivity contribution in [3.8, 4) is 17.0 Å². The molecule has 7 N–H and O–H groups in total. The van der Waals surface area contributed by atoms with Gasteiger partial charge in [0, 0.05) is 36.6 Å². The van der Waals surface area contributed by atoms with Crippen LogP contribution in [0.1, 0.15) is 32.3 Å². The SMILES string of the molecule is CNCC(O)COc1cccc(-c2cc(NCCCCN)c(C=N)c(NC(C)C)n2)c1. The van der Waals surface area contributed by atoms with Crippen LogP contribution in [0.25, 0.3) is 11.3 Å². The zero-order chi connectivity index (χ0) is 22.6. The highest BCUT2D eigenvalue weighted by Crippen LogP contribution is 2.30. The number of likely N-dealkylation sites (N-methyl/N-ethyl adjacent to an activating group) is 1. The van der Waals surface area contributed by atoms with E-state index < -0.39 is 6.10 Å². The van der Waals surface area contributed by atoms with Gasteiger partial charge in [-0.1, -0.05) is 12.1 Å². The Morgan fingerprint density at radius 3 is 2.74 bits per heavy atom. The molecule has 170 valence electrons. The predicted octanol–water partition coefficient (Wildman–Crippen LogP) is 2.68. The van der Waals surface area contributed by atoms with Crippen molar-refractivity contribution >= 4 is 17.7 Å². The summed E-state index contributed by atoms with van der Waals surface area (Å²) < 4.78 is 5.75. The van der Waals surface area contributed by atoms with E-state index in [0.29, 0.717) is 24.7 Å². The molecule has 31 heavy (non-hydrogen) atoms. The zero-order valence-corrected chi connectivity index (χ0v) is 18.7. The van der Waals surface area contributed by atoms with Crippen LogP contribution in [-0.2, 0) is 0 Å². The van der Waals surface area contributed by atoms with Crippen molar-refractivity contribution in [3.63, 3.8) is 0 Å². The smallest absolute Gasteiger partial charge is 0.137 e. The molecule has 1 aromatic heterocycles. The lowest BCUT2D eigenvalue weighted by Gasteiger charge is -2.18. The van der Waals surface area contributed by atoms with E-state index in [9.17, 15) is 5.11 Å². The van der Waals surface area contributed by atoms with Crippen molar-refractivity contribution in [2.75, 3.05) is 43.9 Å². The number of aliphatic hydroxyl groups is 1. The summed E-state index contributed by atoms with van der Waals surface area (Å²) in [5.74, 6) is 1.33. The van der Waals surface area contributed by atoms with Gasteiger partial charge in [0.2, 0.25) is 0 Å². The third-order valence-electron chi connectivity index (χ3n) is 4.59. The second-order valence-electron chi connectivity index (χ2n) is 7.73. The molecule has 8 heteroatoms. The molecule has 2 rings (SSSR count). The van der Waals surface area contributed by atoms with Crippen LogP contribution in [0.4, 0.5) is 11.5 Å². The maximum atomic E-state index is 9.89. The average Bonchev–Trinajstić information content (AvgIpc) is 2.75. The molecular weight excluding hydrogens is 392 g/mol. The molecule has 1 unspecified atom stereocenters. The molecule has 0 aliphatic heterocycles. The van der Waals surface area contributed by atoms with Crippen LogP contribution in [0.5, 0.6) is 5.75 Å². The van der Waals surface area contributed by atoms with E-state index in [1.54, 1.807) is 7.05 Å². The Bertz CT molecular complexity index is 828. The lowest BCUT2D eigenvalue weighted by atomic mass is 10.1. The molecule has 8 nitrogen and oxygen atoms in total. The molecule has 0 fully saturated rings. The molecule has 2 aromatic rings. The van der Waals surface area contributed by atoms with E-state index in [1.165, 1.54) is 6.21 Å². The van der Waals surface area contributed by atoms with Gasteiger partial charge in [0.15, 0.2) is 0 Å². The summed E-state index contributed by atoms with van der Waals surface area (Å²) in [7, 11) is 1.79. The minimum Gasteiger partial charge on any atom is -0.491 e. The number of nitrogens with one attached hydrogen (secondary N) is 4. The Balaban J connectivity index is 2.33. The Hall–Kier alpha value is -2.68. The fourth-order valence-corrected chi connectivity index (χ4v) is 3.10. The average molecular weight is 429 g/mol. The van der Waals surface area contributed by atoms with Gasteiger partial charge in [0.25, 0.3) is 0 Å². The summed E-state index contributed by atoms with van der Waals surface area (Å²) in [5, 5.41) is 27.5. The van der Waals surface area contributed by atoms with E-state index in [4.69, 9.17) is 20.9 Å². The molecule has 0 aliphatic rings. The molecule has 1 heterocycles. The van der Waals surface area contributed by atoms with Crippen molar-refractivity contribution in [2.24, 2.45) is 5.73 Å². The highest BCUT2D eigenvalue weighted by Gasteiger charge is 2.14. The Morgan fingerprint density at radius 2 is 2.06 bits per heavy atom. The van der Waals surface area contributed by atoms with Crippen molar-refractivity contribution in [1.29, 1.82) is 5.41 Å². The van der Waals surface area contributed by atoms with Gasteiger partial charge in [-0.3, -0.25) is 0 Å². The van der Waals surface area contributed by atoms with Gasteiger partial charge in [-0.25, -0.2) is 4.98 Å². The monoisotopic (exact) mass is 428 g/mol. The highest BCUT2D eigenvalue weighted by atomic mass is 16.5. The summed E-state index contributed by atoms with van der Waals surface area (Å²) in [6.45, 7) is 6.20. The molecule has 0 saturated carbocycles. The summed E-state index contributed by atoms with van der Waals surface area (Å²) in [6.07, 6.45) is 2.65. The molecule has 0 saturated heterocycles. The number of hydrogen-bond acceptors (Lipinski definition) is 8. The second kappa shape index (κ2) is 12.9. The fraction of sp³-hybridized carbons (Fsp3) is 0.478. The first kappa shape index (κ1) is 24.6. The number of anilines is 2. The van der Waals surface area contributed by atoms with Crippen molar-refractivity contribution < 1.29 is 9.84 Å². The van der Waals surface area contributed by atoms with E-state index in [1.807, 2.05) is 44.2 Å². The Kier molecular flexibility index (Phi) is 10.2. The first-order chi connectivity index (χ1) is 15.0. The quantitative estimate of drug-likeness (QED) is 0.202. The molecular formula is C23H36N6O2. The normalized spacial score (nSPS) is 11.9. The van der Waals surface area contributed by atoms with Crippen molar-refractivity contribution in [3.05, 3.63) is 35.9 Å². The maximum absolute atomic E-state index is 9.89. The third kappa shape index (κ3) is 7.82. The molecule has 0 aliphatic carbocycles. The van der Waals surface area contributed by atoms with Gasteiger partial charge in [0.1, 0.15) is 24.3 Å². The minimum atomic E-state index is -0.579. The zero-order valence-electron chi connectivity index (χ0n) is 18.7. The Morgan fingerprint density at radius 1 is 1.26 bits per heavy atom. The summed E-state index contributed by atoms with van der Waals surface area (Å²) in [4.78, 5) is 4.79. The number of aromatic nitrogens is 1. The number of benzene rings is 1. The van der Waals surface area contributed by atoms with E-state index >= 15 is 0 Å². The number of ether oxygens (including phenoxy) is 1. The fourth-order valence-electron chi connectivity index (χ4n) is 3.10. The van der Waals surface area contributed by atoms with E-state index in [0.717, 1.165) is 41.9 Å². The largest absolute Gasteiger partial charge is 0.491 e. The van der Waals surface area contributed by atoms with Crippen LogP contribution in [0.15, 0.2) is 30.3 Å². The number of nitrogens with zero attached hydrogens (tertiary/aromatic N) is 1. The number of aliphatic hydroxyl groups excluding tert-OH is 1. The van der Waals surface area contributed by atoms with Crippen LogP contribution >= 0.6 is 0 Å². The van der Waals surface area contributed by atoms with Crippen LogP contribution in [0, 0.1) is 5.41 Å². The van der Waals surface area contributed by atoms with Gasteiger partial charge in [-0.15, -0.1) is 0 Å². The van der Waals surface area contributed by atoms with Crippen LogP contribution in [0.2, 0.25) is 0 Å².